The third-order valence-corrected chi connectivity index (χ3v) is 2.57. The van der Waals surface area contributed by atoms with Gasteiger partial charge >= 0.3 is 6.18 Å². The molecule has 20 heavy (non-hydrogen) atoms. The van der Waals surface area contributed by atoms with Gasteiger partial charge in [-0.2, -0.15) is 18.4 Å². The molecule has 0 amide bonds. The van der Waals surface area contributed by atoms with Crippen LogP contribution in [0.25, 0.3) is 0 Å². The van der Waals surface area contributed by atoms with Gasteiger partial charge < -0.3 is 14.7 Å². The number of alkyl halides is 3. The fraction of sp³-hybridized carbons (Fsp3) is 0.462. The van der Waals surface area contributed by atoms with Crippen molar-refractivity contribution < 1.29 is 23.0 Å². The number of aliphatic hydroxyl groups is 1. The maximum atomic E-state index is 12.1. The Morgan fingerprint density at radius 2 is 2.15 bits per heavy atom. The van der Waals surface area contributed by atoms with E-state index >= 15 is 0 Å². The molecule has 0 aromatic heterocycles. The van der Waals surface area contributed by atoms with Crippen LogP contribution in [-0.2, 0) is 0 Å². The van der Waals surface area contributed by atoms with Gasteiger partial charge in [0.15, 0.2) is 6.10 Å². The average molecular weight is 288 g/mol. The fourth-order valence-corrected chi connectivity index (χ4v) is 1.46. The molecule has 0 aliphatic carbocycles. The molecule has 0 radical (unpaired) electrons. The lowest BCUT2D eigenvalue weighted by Gasteiger charge is -2.22. The van der Waals surface area contributed by atoms with Crippen molar-refractivity contribution in [2.75, 3.05) is 26.7 Å². The smallest absolute Gasteiger partial charge is 0.415 e. The molecule has 1 atom stereocenters. The van der Waals surface area contributed by atoms with Gasteiger partial charge in [-0.25, -0.2) is 0 Å². The molecular weight excluding hydrogens is 273 g/mol. The quantitative estimate of drug-likeness (QED) is 0.867. The summed E-state index contributed by atoms with van der Waals surface area (Å²) in [5.41, 5.74) is 0.448. The van der Waals surface area contributed by atoms with Gasteiger partial charge in [0.1, 0.15) is 12.4 Å². The molecule has 110 valence electrons. The van der Waals surface area contributed by atoms with Gasteiger partial charge in [-0.15, -0.1) is 0 Å². The second-order valence-electron chi connectivity index (χ2n) is 4.31. The van der Waals surface area contributed by atoms with Gasteiger partial charge in [0.05, 0.1) is 11.6 Å². The number of nitriles is 1. The summed E-state index contributed by atoms with van der Waals surface area (Å²) in [7, 11) is 1.46. The van der Waals surface area contributed by atoms with Crippen LogP contribution in [0, 0.1) is 11.3 Å². The molecular formula is C13H15F3N2O2. The summed E-state index contributed by atoms with van der Waals surface area (Å²) in [6.45, 7) is -0.120. The molecule has 0 heterocycles. The number of rotatable bonds is 6. The zero-order valence-electron chi connectivity index (χ0n) is 10.9. The topological polar surface area (TPSA) is 56.5 Å². The van der Waals surface area contributed by atoms with Crippen molar-refractivity contribution in [3.8, 4) is 11.8 Å². The summed E-state index contributed by atoms with van der Waals surface area (Å²) >= 11 is 0. The van der Waals surface area contributed by atoms with Crippen molar-refractivity contribution in [3.05, 3.63) is 29.8 Å². The van der Waals surface area contributed by atoms with Gasteiger partial charge in [-0.05, 0) is 25.2 Å². The lowest BCUT2D eigenvalue weighted by atomic mass is 10.2. The summed E-state index contributed by atoms with van der Waals surface area (Å²) in [4.78, 5) is 1.33. The van der Waals surface area contributed by atoms with Crippen molar-refractivity contribution >= 4 is 0 Å². The van der Waals surface area contributed by atoms with Crippen molar-refractivity contribution in [1.82, 2.24) is 4.90 Å². The van der Waals surface area contributed by atoms with Crippen LogP contribution in [0.3, 0.4) is 0 Å². The fourth-order valence-electron chi connectivity index (χ4n) is 1.46. The molecule has 0 spiro atoms. The van der Waals surface area contributed by atoms with Crippen molar-refractivity contribution in [2.45, 2.75) is 12.3 Å². The minimum Gasteiger partial charge on any atom is -0.492 e. The Morgan fingerprint density at radius 1 is 1.45 bits per heavy atom. The van der Waals surface area contributed by atoms with E-state index in [-0.39, 0.29) is 13.2 Å². The molecule has 1 aromatic rings. The van der Waals surface area contributed by atoms with Crippen LogP contribution in [0.2, 0.25) is 0 Å². The highest BCUT2D eigenvalue weighted by Gasteiger charge is 2.38. The number of aliphatic hydroxyl groups excluding tert-OH is 1. The van der Waals surface area contributed by atoms with E-state index in [2.05, 4.69) is 0 Å². The van der Waals surface area contributed by atoms with Gasteiger partial charge in [0, 0.05) is 13.1 Å². The molecule has 1 unspecified atom stereocenters. The Morgan fingerprint density at radius 3 is 2.75 bits per heavy atom. The summed E-state index contributed by atoms with van der Waals surface area (Å²) in [5.74, 6) is 0.480. The summed E-state index contributed by atoms with van der Waals surface area (Å²) < 4.78 is 41.8. The first-order chi connectivity index (χ1) is 9.32. The van der Waals surface area contributed by atoms with Crippen LogP contribution in [0.15, 0.2) is 24.3 Å². The van der Waals surface area contributed by atoms with Crippen LogP contribution in [0.4, 0.5) is 13.2 Å². The Hall–Kier alpha value is -1.78. The normalized spacial score (nSPS) is 13.1. The van der Waals surface area contributed by atoms with E-state index in [1.807, 2.05) is 6.07 Å². The van der Waals surface area contributed by atoms with Crippen molar-refractivity contribution in [1.29, 1.82) is 5.26 Å². The zero-order chi connectivity index (χ0) is 15.2. The highest BCUT2D eigenvalue weighted by molar-refractivity contribution is 5.36. The standard InChI is InChI=1S/C13H15F3N2O2/c1-18(9-12(19)13(14,15)16)5-6-20-11-4-2-3-10(7-11)8-17/h2-4,7,12,19H,5-6,9H2,1H3. The molecule has 1 aromatic carbocycles. The monoisotopic (exact) mass is 288 g/mol. The van der Waals surface area contributed by atoms with Crippen LogP contribution in [0.1, 0.15) is 5.56 Å². The molecule has 0 aliphatic rings. The van der Waals surface area contributed by atoms with Crippen LogP contribution in [-0.4, -0.2) is 49.0 Å². The SMILES string of the molecule is CN(CCOc1cccc(C#N)c1)CC(O)C(F)(F)F. The van der Waals surface area contributed by atoms with Gasteiger partial charge in [-0.3, -0.25) is 0 Å². The van der Waals surface area contributed by atoms with Gasteiger partial charge in [0.2, 0.25) is 0 Å². The molecule has 7 heteroatoms. The van der Waals surface area contributed by atoms with Crippen molar-refractivity contribution in [3.63, 3.8) is 0 Å². The highest BCUT2D eigenvalue weighted by Crippen LogP contribution is 2.20. The van der Waals surface area contributed by atoms with Crippen LogP contribution >= 0.6 is 0 Å². The molecule has 0 aliphatic heterocycles. The maximum Gasteiger partial charge on any atom is 0.415 e. The number of hydrogen-bond donors (Lipinski definition) is 1. The van der Waals surface area contributed by atoms with E-state index in [4.69, 9.17) is 15.1 Å². The average Bonchev–Trinajstić information content (AvgIpc) is 2.37. The molecule has 4 nitrogen and oxygen atoms in total. The highest BCUT2D eigenvalue weighted by atomic mass is 19.4. The first-order valence-corrected chi connectivity index (χ1v) is 5.89. The molecule has 0 fully saturated rings. The lowest BCUT2D eigenvalue weighted by Crippen LogP contribution is -2.40. The van der Waals surface area contributed by atoms with Gasteiger partial charge in [-0.1, -0.05) is 6.07 Å². The summed E-state index contributed by atoms with van der Waals surface area (Å²) in [6.07, 6.45) is -6.98. The predicted octanol–water partition coefficient (Wildman–Crippen LogP) is 1.79. The second kappa shape index (κ2) is 7.12. The number of nitrogens with zero attached hydrogens (tertiary/aromatic N) is 2. The summed E-state index contributed by atoms with van der Waals surface area (Å²) in [6, 6.07) is 8.45. The lowest BCUT2D eigenvalue weighted by molar-refractivity contribution is -0.207. The van der Waals surface area contributed by atoms with E-state index in [9.17, 15) is 13.2 Å². The Balaban J connectivity index is 2.35. The number of ether oxygens (including phenoxy) is 1. The predicted molar refractivity (Wildman–Crippen MR) is 66.2 cm³/mol. The summed E-state index contributed by atoms with van der Waals surface area (Å²) in [5, 5.41) is 17.6. The van der Waals surface area contributed by atoms with E-state index in [0.29, 0.717) is 11.3 Å². The second-order valence-corrected chi connectivity index (χ2v) is 4.31. The van der Waals surface area contributed by atoms with E-state index < -0.39 is 18.8 Å². The third kappa shape index (κ3) is 5.47. The van der Waals surface area contributed by atoms with E-state index in [0.717, 1.165) is 0 Å². The third-order valence-electron chi connectivity index (χ3n) is 2.57. The molecule has 0 saturated carbocycles. The number of benzene rings is 1. The molecule has 1 rings (SSSR count). The zero-order valence-corrected chi connectivity index (χ0v) is 10.9. The number of likely N-dealkylation sites (N-methyl/N-ethyl adjacent to an activating group) is 1. The molecule has 0 bridgehead atoms. The van der Waals surface area contributed by atoms with Gasteiger partial charge in [0.25, 0.3) is 0 Å². The minimum atomic E-state index is -4.61. The number of hydrogen-bond acceptors (Lipinski definition) is 4. The first-order valence-electron chi connectivity index (χ1n) is 5.89. The number of halogens is 3. The Bertz CT molecular complexity index is 471. The molecule has 0 saturated heterocycles. The van der Waals surface area contributed by atoms with Crippen LogP contribution in [0.5, 0.6) is 5.75 Å². The largest absolute Gasteiger partial charge is 0.492 e. The Labute approximate surface area is 115 Å². The van der Waals surface area contributed by atoms with Crippen molar-refractivity contribution in [2.24, 2.45) is 0 Å². The van der Waals surface area contributed by atoms with Crippen LogP contribution < -0.4 is 4.74 Å². The maximum absolute atomic E-state index is 12.1. The Kier molecular flexibility index (Phi) is 5.80. The minimum absolute atomic E-state index is 0.163. The molecule has 1 N–H and O–H groups in total. The van der Waals surface area contributed by atoms with E-state index in [1.54, 1.807) is 24.3 Å². The van der Waals surface area contributed by atoms with E-state index in [1.165, 1.54) is 11.9 Å². The first kappa shape index (κ1) is 16.3.